The van der Waals surface area contributed by atoms with Gasteiger partial charge >= 0.3 is 6.09 Å². The average Bonchev–Trinajstić information content (AvgIpc) is 2.35. The van der Waals surface area contributed by atoms with E-state index in [9.17, 15) is 4.79 Å². The Balaban J connectivity index is 2.41. The van der Waals surface area contributed by atoms with Gasteiger partial charge < -0.3 is 10.4 Å². The molecule has 0 aromatic rings. The molecule has 10 heavy (non-hydrogen) atoms. The fourth-order valence-corrected chi connectivity index (χ4v) is 1.18. The van der Waals surface area contributed by atoms with Gasteiger partial charge in [0, 0.05) is 5.54 Å². The molecule has 1 saturated carbocycles. The van der Waals surface area contributed by atoms with Crippen molar-refractivity contribution in [3.05, 3.63) is 0 Å². The molecule has 2 N–H and O–H groups in total. The number of amides is 1. The SMILES string of the molecule is CC(C)(NC(=O)O)C1CC1. The second-order valence-corrected chi connectivity index (χ2v) is 3.43. The molecule has 3 heteroatoms. The molecular weight excluding hydrogens is 130 g/mol. The summed E-state index contributed by atoms with van der Waals surface area (Å²) in [7, 11) is 0. The first-order chi connectivity index (χ1) is 4.52. The van der Waals surface area contributed by atoms with Crippen molar-refractivity contribution < 1.29 is 9.90 Å². The van der Waals surface area contributed by atoms with Crippen molar-refractivity contribution in [2.24, 2.45) is 5.92 Å². The molecule has 1 aliphatic carbocycles. The van der Waals surface area contributed by atoms with Gasteiger partial charge in [-0.05, 0) is 32.6 Å². The van der Waals surface area contributed by atoms with E-state index >= 15 is 0 Å². The Morgan fingerprint density at radius 2 is 2.10 bits per heavy atom. The molecule has 0 atom stereocenters. The molecular formula is C7H13NO2. The van der Waals surface area contributed by atoms with E-state index < -0.39 is 6.09 Å². The lowest BCUT2D eigenvalue weighted by Gasteiger charge is -2.23. The van der Waals surface area contributed by atoms with E-state index in [2.05, 4.69) is 5.32 Å². The Morgan fingerprint density at radius 1 is 1.60 bits per heavy atom. The van der Waals surface area contributed by atoms with Gasteiger partial charge in [0.15, 0.2) is 0 Å². The molecule has 0 aliphatic heterocycles. The van der Waals surface area contributed by atoms with Gasteiger partial charge in [0.25, 0.3) is 0 Å². The van der Waals surface area contributed by atoms with Gasteiger partial charge in [-0.2, -0.15) is 0 Å². The number of carboxylic acid groups (broad SMARTS) is 1. The summed E-state index contributed by atoms with van der Waals surface area (Å²) >= 11 is 0. The fourth-order valence-electron chi connectivity index (χ4n) is 1.18. The number of carbonyl (C=O) groups is 1. The highest BCUT2D eigenvalue weighted by Gasteiger charge is 2.38. The zero-order chi connectivity index (χ0) is 7.78. The minimum atomic E-state index is -0.920. The maximum absolute atomic E-state index is 10.2. The summed E-state index contributed by atoms with van der Waals surface area (Å²) in [6.07, 6.45) is 1.40. The van der Waals surface area contributed by atoms with Crippen LogP contribution in [0.25, 0.3) is 0 Å². The number of hydrogen-bond acceptors (Lipinski definition) is 1. The van der Waals surface area contributed by atoms with Crippen molar-refractivity contribution in [3.63, 3.8) is 0 Å². The van der Waals surface area contributed by atoms with Crippen LogP contribution in [0.2, 0.25) is 0 Å². The monoisotopic (exact) mass is 143 g/mol. The number of rotatable bonds is 2. The largest absolute Gasteiger partial charge is 0.465 e. The summed E-state index contributed by atoms with van der Waals surface area (Å²) < 4.78 is 0. The molecule has 0 bridgehead atoms. The van der Waals surface area contributed by atoms with Crippen molar-refractivity contribution in [1.82, 2.24) is 5.32 Å². The van der Waals surface area contributed by atoms with Gasteiger partial charge in [-0.25, -0.2) is 4.79 Å². The van der Waals surface area contributed by atoms with Gasteiger partial charge in [0.1, 0.15) is 0 Å². The second-order valence-electron chi connectivity index (χ2n) is 3.43. The van der Waals surface area contributed by atoms with Crippen LogP contribution in [0.15, 0.2) is 0 Å². The lowest BCUT2D eigenvalue weighted by atomic mass is 9.99. The van der Waals surface area contributed by atoms with Gasteiger partial charge in [-0.15, -0.1) is 0 Å². The smallest absolute Gasteiger partial charge is 0.405 e. The van der Waals surface area contributed by atoms with Crippen molar-refractivity contribution >= 4 is 6.09 Å². The predicted octanol–water partition coefficient (Wildman–Crippen LogP) is 1.44. The van der Waals surface area contributed by atoms with Gasteiger partial charge in [0.2, 0.25) is 0 Å². The Morgan fingerprint density at radius 3 is 2.40 bits per heavy atom. The third-order valence-electron chi connectivity index (χ3n) is 2.03. The first-order valence-corrected chi connectivity index (χ1v) is 3.53. The highest BCUT2D eigenvalue weighted by Crippen LogP contribution is 2.38. The molecule has 0 radical (unpaired) electrons. The van der Waals surface area contributed by atoms with Crippen LogP contribution >= 0.6 is 0 Å². The van der Waals surface area contributed by atoms with Crippen LogP contribution < -0.4 is 5.32 Å². The van der Waals surface area contributed by atoms with Gasteiger partial charge in [0.05, 0.1) is 0 Å². The van der Waals surface area contributed by atoms with Crippen LogP contribution in [0.3, 0.4) is 0 Å². The minimum Gasteiger partial charge on any atom is -0.465 e. The first kappa shape index (κ1) is 7.38. The van der Waals surface area contributed by atoms with Crippen LogP contribution in [0.1, 0.15) is 26.7 Å². The maximum atomic E-state index is 10.2. The summed E-state index contributed by atoms with van der Waals surface area (Å²) in [5.41, 5.74) is -0.216. The predicted molar refractivity (Wildman–Crippen MR) is 38.0 cm³/mol. The molecule has 3 nitrogen and oxygen atoms in total. The van der Waals surface area contributed by atoms with E-state index in [0.29, 0.717) is 5.92 Å². The molecule has 0 aromatic heterocycles. The van der Waals surface area contributed by atoms with Gasteiger partial charge in [-0.1, -0.05) is 0 Å². The lowest BCUT2D eigenvalue weighted by molar-refractivity contribution is 0.178. The molecule has 0 saturated heterocycles. The third kappa shape index (κ3) is 1.62. The Bertz CT molecular complexity index is 150. The number of hydrogen-bond donors (Lipinski definition) is 2. The van der Waals surface area contributed by atoms with Crippen molar-refractivity contribution in [3.8, 4) is 0 Å². The Hall–Kier alpha value is -0.730. The van der Waals surface area contributed by atoms with Crippen LogP contribution in [0, 0.1) is 5.92 Å². The Labute approximate surface area is 60.4 Å². The topological polar surface area (TPSA) is 49.3 Å². The van der Waals surface area contributed by atoms with E-state index in [1.165, 1.54) is 0 Å². The standard InChI is InChI=1S/C7H13NO2/c1-7(2,5-3-4-5)8-6(9)10/h5,8H,3-4H2,1-2H3,(H,9,10). The fraction of sp³-hybridized carbons (Fsp3) is 0.857. The zero-order valence-electron chi connectivity index (χ0n) is 6.35. The number of nitrogens with one attached hydrogen (secondary N) is 1. The first-order valence-electron chi connectivity index (χ1n) is 3.53. The highest BCUT2D eigenvalue weighted by atomic mass is 16.4. The second kappa shape index (κ2) is 2.15. The molecule has 1 aliphatic rings. The van der Waals surface area contributed by atoms with E-state index in [4.69, 9.17) is 5.11 Å². The summed E-state index contributed by atoms with van der Waals surface area (Å²) in [6.45, 7) is 3.86. The minimum absolute atomic E-state index is 0.216. The van der Waals surface area contributed by atoms with Crippen LogP contribution in [0.4, 0.5) is 4.79 Å². The molecule has 1 amide bonds. The normalized spacial score (nSPS) is 18.6. The maximum Gasteiger partial charge on any atom is 0.405 e. The van der Waals surface area contributed by atoms with E-state index in [0.717, 1.165) is 12.8 Å². The summed E-state index contributed by atoms with van der Waals surface area (Å²) in [6, 6.07) is 0. The van der Waals surface area contributed by atoms with E-state index in [1.54, 1.807) is 0 Å². The highest BCUT2D eigenvalue weighted by molar-refractivity contribution is 5.65. The summed E-state index contributed by atoms with van der Waals surface area (Å²) in [5, 5.41) is 10.9. The van der Waals surface area contributed by atoms with Crippen LogP contribution in [0.5, 0.6) is 0 Å². The van der Waals surface area contributed by atoms with Gasteiger partial charge in [-0.3, -0.25) is 0 Å². The zero-order valence-corrected chi connectivity index (χ0v) is 6.35. The van der Waals surface area contributed by atoms with E-state index in [-0.39, 0.29) is 5.54 Å². The van der Waals surface area contributed by atoms with Crippen molar-refractivity contribution in [2.75, 3.05) is 0 Å². The molecule has 0 spiro atoms. The Kier molecular flexibility index (Phi) is 1.58. The molecule has 0 aromatic carbocycles. The van der Waals surface area contributed by atoms with Crippen molar-refractivity contribution in [2.45, 2.75) is 32.2 Å². The molecule has 58 valence electrons. The lowest BCUT2D eigenvalue weighted by Crippen LogP contribution is -2.44. The van der Waals surface area contributed by atoms with E-state index in [1.807, 2.05) is 13.8 Å². The molecule has 1 rings (SSSR count). The molecule has 1 fully saturated rings. The molecule has 0 heterocycles. The van der Waals surface area contributed by atoms with Crippen LogP contribution in [-0.2, 0) is 0 Å². The average molecular weight is 143 g/mol. The molecule has 0 unspecified atom stereocenters. The van der Waals surface area contributed by atoms with Crippen molar-refractivity contribution in [1.29, 1.82) is 0 Å². The summed E-state index contributed by atoms with van der Waals surface area (Å²) in [5.74, 6) is 0.559. The quantitative estimate of drug-likeness (QED) is 0.614. The third-order valence-corrected chi connectivity index (χ3v) is 2.03. The van der Waals surface area contributed by atoms with Crippen LogP contribution in [-0.4, -0.2) is 16.7 Å². The summed E-state index contributed by atoms with van der Waals surface area (Å²) in [4.78, 5) is 10.2.